The fourth-order valence-corrected chi connectivity index (χ4v) is 5.95. The number of amides is 4. The molecule has 4 heterocycles. The predicted molar refractivity (Wildman–Crippen MR) is 190 cm³/mol. The van der Waals surface area contributed by atoms with Gasteiger partial charge in [0.25, 0.3) is 11.8 Å². The lowest BCUT2D eigenvalue weighted by atomic mass is 10.0. The summed E-state index contributed by atoms with van der Waals surface area (Å²) in [4.78, 5) is 59.7. The summed E-state index contributed by atoms with van der Waals surface area (Å²) in [6.07, 6.45) is 1.60. The molecule has 0 aliphatic carbocycles. The molecular weight excluding hydrogens is 695 g/mol. The van der Waals surface area contributed by atoms with Crippen molar-refractivity contribution in [3.8, 4) is 5.75 Å². The molecule has 6 rings (SSSR count). The number of aryl methyl sites for hydroxylation is 1. The number of carbonyl (C=O) groups excluding carboxylic acids is 4. The lowest BCUT2D eigenvalue weighted by Crippen LogP contribution is -2.57. The van der Waals surface area contributed by atoms with E-state index < -0.39 is 47.6 Å². The summed E-state index contributed by atoms with van der Waals surface area (Å²) < 4.78 is 22.1. The molecule has 4 amide bonds. The summed E-state index contributed by atoms with van der Waals surface area (Å²) in [6, 6.07) is 9.72. The van der Waals surface area contributed by atoms with Crippen LogP contribution in [-0.4, -0.2) is 98.0 Å². The maximum absolute atomic E-state index is 14.6. The third kappa shape index (κ3) is 9.79. The summed E-state index contributed by atoms with van der Waals surface area (Å²) in [5, 5.41) is 27.6. The van der Waals surface area contributed by atoms with Crippen LogP contribution in [0.3, 0.4) is 0 Å². The number of aromatic nitrogens is 4. The van der Waals surface area contributed by atoms with Gasteiger partial charge in [-0.1, -0.05) is 48.9 Å². The Balaban J connectivity index is 1.40. The molecule has 276 valence electrons. The molecule has 14 nitrogen and oxygen atoms in total. The molecule has 2 aromatic carbocycles. The van der Waals surface area contributed by atoms with Crippen LogP contribution in [0.2, 0.25) is 5.02 Å². The number of hydrogen-bond acceptors (Lipinski definition) is 9. The number of hydrogen-bond donors (Lipinski definition) is 4. The van der Waals surface area contributed by atoms with Crippen molar-refractivity contribution < 1.29 is 33.4 Å². The van der Waals surface area contributed by atoms with Crippen LogP contribution < -0.4 is 20.7 Å². The van der Waals surface area contributed by atoms with Crippen molar-refractivity contribution in [2.75, 3.05) is 26.2 Å². The van der Waals surface area contributed by atoms with Gasteiger partial charge in [-0.05, 0) is 49.6 Å². The van der Waals surface area contributed by atoms with E-state index in [1.165, 1.54) is 36.1 Å². The number of benzene rings is 2. The van der Waals surface area contributed by atoms with Crippen molar-refractivity contribution in [2.24, 2.45) is 5.92 Å². The molecule has 0 radical (unpaired) electrons. The second-order valence-corrected chi connectivity index (χ2v) is 13.5. The molecule has 4 N–H and O–H groups in total. The van der Waals surface area contributed by atoms with Crippen LogP contribution in [-0.2, 0) is 22.6 Å². The molecule has 0 fully saturated rings. The number of pyridine rings is 1. The standard InChI is InChI=1S/C36H42ClFN8O6/c1-21(2)18-29-34(49)39-13-16-45(36(51)28-10-8-23-6-4-7-27(38)32(23)40-28)15-12-25-20-46(44-43-25)14-5-17-52-30-11-9-24(19-26(30)37)33(48)42-31(22(3)47)35(50)41-29/h4,6-11,19-22,29,31,47H,5,12-18H2,1-3H3,(H,39,49)(H,41,50)(H,42,48)/t22-,29-,31+/m1/s1. The largest absolute Gasteiger partial charge is 0.492 e. The average Bonchev–Trinajstić information content (AvgIpc) is 3.57. The molecule has 2 aliphatic rings. The Labute approximate surface area is 305 Å². The summed E-state index contributed by atoms with van der Waals surface area (Å²) in [5.74, 6) is -2.63. The second kappa shape index (κ2) is 17.4. The first kappa shape index (κ1) is 38.1. The van der Waals surface area contributed by atoms with Gasteiger partial charge in [-0.2, -0.15) is 0 Å². The minimum atomic E-state index is -1.39. The lowest BCUT2D eigenvalue weighted by molar-refractivity contribution is -0.131. The highest BCUT2D eigenvalue weighted by atomic mass is 35.5. The SMILES string of the molecule is CC(C)C[C@H]1NC(=O)[C@H]([C@@H](C)O)NC(=O)c2ccc(c(Cl)c2)OCCCn2cc(nn2)CCN(C(=O)c2ccc3cccc(F)c3n2)CCNC1=O. The molecule has 0 unspecified atom stereocenters. The van der Waals surface area contributed by atoms with Gasteiger partial charge in [0, 0.05) is 56.2 Å². The summed E-state index contributed by atoms with van der Waals surface area (Å²) >= 11 is 6.41. The molecule has 0 saturated heterocycles. The van der Waals surface area contributed by atoms with Crippen LogP contribution in [0.15, 0.2) is 54.7 Å². The van der Waals surface area contributed by atoms with E-state index in [1.54, 1.807) is 35.1 Å². The fraction of sp³-hybridized carbons (Fsp3) is 0.417. The molecule has 0 saturated carbocycles. The summed E-state index contributed by atoms with van der Waals surface area (Å²) in [5.41, 5.74) is 0.864. The van der Waals surface area contributed by atoms with Gasteiger partial charge in [-0.3, -0.25) is 23.9 Å². The van der Waals surface area contributed by atoms with Crippen LogP contribution in [0.25, 0.3) is 10.9 Å². The van der Waals surface area contributed by atoms with Gasteiger partial charge in [-0.15, -0.1) is 5.10 Å². The van der Waals surface area contributed by atoms with Gasteiger partial charge in [0.05, 0.1) is 23.4 Å². The van der Waals surface area contributed by atoms with E-state index in [0.717, 1.165) is 0 Å². The third-order valence-corrected chi connectivity index (χ3v) is 8.75. The Kier molecular flexibility index (Phi) is 12.7. The smallest absolute Gasteiger partial charge is 0.272 e. The van der Waals surface area contributed by atoms with Gasteiger partial charge in [-0.25, -0.2) is 9.37 Å². The molecule has 3 atom stereocenters. The Morgan fingerprint density at radius 2 is 1.87 bits per heavy atom. The molecule has 52 heavy (non-hydrogen) atoms. The molecule has 16 heteroatoms. The first-order chi connectivity index (χ1) is 24.9. The Hall–Kier alpha value is -5.15. The molecule has 2 aromatic heterocycles. The van der Waals surface area contributed by atoms with Crippen LogP contribution in [0, 0.1) is 11.7 Å². The molecule has 0 spiro atoms. The summed E-state index contributed by atoms with van der Waals surface area (Å²) in [7, 11) is 0. The van der Waals surface area contributed by atoms with Crippen molar-refractivity contribution in [3.05, 3.63) is 82.5 Å². The number of nitrogens with one attached hydrogen (secondary N) is 3. The van der Waals surface area contributed by atoms with Crippen LogP contribution in [0.5, 0.6) is 5.75 Å². The maximum atomic E-state index is 14.6. The van der Waals surface area contributed by atoms with E-state index in [-0.39, 0.29) is 60.4 Å². The average molecular weight is 737 g/mol. The van der Waals surface area contributed by atoms with Crippen molar-refractivity contribution in [3.63, 3.8) is 0 Å². The van der Waals surface area contributed by atoms with Crippen molar-refractivity contribution in [1.29, 1.82) is 0 Å². The Morgan fingerprint density at radius 3 is 2.62 bits per heavy atom. The summed E-state index contributed by atoms with van der Waals surface area (Å²) in [6.45, 7) is 6.13. The van der Waals surface area contributed by atoms with Gasteiger partial charge in [0.1, 0.15) is 34.9 Å². The molecule has 4 bridgehead atoms. The minimum Gasteiger partial charge on any atom is -0.492 e. The highest BCUT2D eigenvalue weighted by Gasteiger charge is 2.31. The van der Waals surface area contributed by atoms with Crippen LogP contribution in [0.4, 0.5) is 4.39 Å². The number of rotatable bonds is 4. The topological polar surface area (TPSA) is 181 Å². The zero-order valence-corrected chi connectivity index (χ0v) is 29.9. The van der Waals surface area contributed by atoms with E-state index in [9.17, 15) is 28.7 Å². The van der Waals surface area contributed by atoms with E-state index in [0.29, 0.717) is 36.2 Å². The third-order valence-electron chi connectivity index (χ3n) is 8.46. The van der Waals surface area contributed by atoms with E-state index in [2.05, 4.69) is 31.2 Å². The number of nitrogens with zero attached hydrogens (tertiary/aromatic N) is 5. The maximum Gasteiger partial charge on any atom is 0.272 e. The molecular formula is C36H42ClFN8O6. The Bertz CT molecular complexity index is 1920. The number of aliphatic hydroxyl groups is 1. The van der Waals surface area contributed by atoms with E-state index in [4.69, 9.17) is 16.3 Å². The van der Waals surface area contributed by atoms with Crippen molar-refractivity contribution in [2.45, 2.75) is 64.8 Å². The number of aliphatic hydroxyl groups excluding tert-OH is 1. The molecule has 2 aliphatic heterocycles. The van der Waals surface area contributed by atoms with Crippen LogP contribution in [0.1, 0.15) is 60.2 Å². The zero-order valence-electron chi connectivity index (χ0n) is 29.1. The van der Waals surface area contributed by atoms with Gasteiger partial charge < -0.3 is 30.7 Å². The normalized spacial score (nSPS) is 19.0. The minimum absolute atomic E-state index is 0.0109. The number of carbonyl (C=O) groups is 4. The molecule has 4 aromatic rings. The van der Waals surface area contributed by atoms with Gasteiger partial charge in [0.15, 0.2) is 0 Å². The number of para-hydroxylation sites is 1. The second-order valence-electron chi connectivity index (χ2n) is 13.0. The highest BCUT2D eigenvalue weighted by molar-refractivity contribution is 6.32. The van der Waals surface area contributed by atoms with Crippen molar-refractivity contribution >= 4 is 46.1 Å². The highest BCUT2D eigenvalue weighted by Crippen LogP contribution is 2.26. The first-order valence-corrected chi connectivity index (χ1v) is 17.5. The van der Waals surface area contributed by atoms with E-state index in [1.807, 2.05) is 13.8 Å². The monoisotopic (exact) mass is 736 g/mol. The van der Waals surface area contributed by atoms with Crippen molar-refractivity contribution in [1.82, 2.24) is 40.8 Å². The van der Waals surface area contributed by atoms with Crippen LogP contribution >= 0.6 is 11.6 Å². The van der Waals surface area contributed by atoms with E-state index >= 15 is 0 Å². The fourth-order valence-electron chi connectivity index (χ4n) is 5.72. The number of fused-ring (bicyclic) bond motifs is 18. The van der Waals surface area contributed by atoms with Gasteiger partial charge >= 0.3 is 0 Å². The number of ether oxygens (including phenoxy) is 1. The number of halogens is 2. The first-order valence-electron chi connectivity index (χ1n) is 17.1. The quantitative estimate of drug-likeness (QED) is 0.229. The Morgan fingerprint density at radius 1 is 1.06 bits per heavy atom. The zero-order chi connectivity index (χ0) is 37.4. The lowest BCUT2D eigenvalue weighted by Gasteiger charge is -2.26. The van der Waals surface area contributed by atoms with Gasteiger partial charge in [0.2, 0.25) is 11.8 Å². The predicted octanol–water partition coefficient (Wildman–Crippen LogP) is 2.91.